The molecule has 0 aliphatic heterocycles. The van der Waals surface area contributed by atoms with Gasteiger partial charge in [0.05, 0.1) is 6.61 Å². The molecule has 0 amide bonds. The second kappa shape index (κ2) is 12.6. The summed E-state index contributed by atoms with van der Waals surface area (Å²) in [5.74, 6) is -0.378. The lowest BCUT2D eigenvalue weighted by molar-refractivity contribution is -0.137. The number of carbonyl (C=O) groups is 2. The van der Waals surface area contributed by atoms with Gasteiger partial charge >= 0.3 is 5.97 Å². The number of aliphatic hydroxyl groups excluding tert-OH is 1. The zero-order valence-corrected chi connectivity index (χ0v) is 16.2. The molecular weight excluding hydrogens is 352 g/mol. The number of ether oxygens (including phenoxy) is 1. The first-order valence-corrected chi connectivity index (χ1v) is 9.86. The van der Waals surface area contributed by atoms with Gasteiger partial charge in [0.1, 0.15) is 0 Å². The molecule has 0 aliphatic rings. The molecule has 0 saturated heterocycles. The first-order valence-electron chi connectivity index (χ1n) is 9.86. The second-order valence-electron chi connectivity index (χ2n) is 6.66. The Bertz CT molecular complexity index is 748. The summed E-state index contributed by atoms with van der Waals surface area (Å²) < 4.78 is 5.19. The maximum atomic E-state index is 12.4. The van der Waals surface area contributed by atoms with E-state index in [9.17, 15) is 9.59 Å². The van der Waals surface area contributed by atoms with E-state index >= 15 is 0 Å². The third-order valence-corrected chi connectivity index (χ3v) is 4.42. The van der Waals surface area contributed by atoms with Gasteiger partial charge in [0, 0.05) is 23.8 Å². The van der Waals surface area contributed by atoms with Gasteiger partial charge in [-0.05, 0) is 24.5 Å². The van der Waals surface area contributed by atoms with Crippen LogP contribution in [0.1, 0.15) is 60.0 Å². The molecule has 2 aromatic carbocycles. The minimum atomic E-state index is -0.357. The number of benzene rings is 2. The Morgan fingerprint density at radius 3 is 2.07 bits per heavy atom. The second-order valence-corrected chi connectivity index (χ2v) is 6.66. The van der Waals surface area contributed by atoms with Crippen molar-refractivity contribution in [1.29, 1.82) is 0 Å². The Hall–Kier alpha value is -2.72. The summed E-state index contributed by atoms with van der Waals surface area (Å²) in [5, 5.41) is 8.71. The minimum Gasteiger partial charge on any atom is -0.463 e. The quantitative estimate of drug-likeness (QED) is 0.248. The molecule has 0 fully saturated rings. The van der Waals surface area contributed by atoms with Crippen LogP contribution in [-0.4, -0.2) is 30.1 Å². The van der Waals surface area contributed by atoms with Crippen molar-refractivity contribution in [1.82, 2.24) is 0 Å². The summed E-state index contributed by atoms with van der Waals surface area (Å²) in [6.07, 6.45) is 9.10. The van der Waals surface area contributed by atoms with Gasteiger partial charge in [0.15, 0.2) is 5.78 Å². The van der Waals surface area contributed by atoms with Gasteiger partial charge in [-0.2, -0.15) is 0 Å². The van der Waals surface area contributed by atoms with Crippen LogP contribution in [-0.2, 0) is 9.53 Å². The SMILES string of the molecule is O=C(/C=C/c1ccc(C(=O)c2ccccc2)cc1)OCCCCCCCCO. The topological polar surface area (TPSA) is 63.6 Å². The molecule has 0 spiro atoms. The van der Waals surface area contributed by atoms with Crippen molar-refractivity contribution in [3.8, 4) is 0 Å². The number of unbranched alkanes of at least 4 members (excludes halogenated alkanes) is 5. The Morgan fingerprint density at radius 2 is 1.39 bits per heavy atom. The maximum Gasteiger partial charge on any atom is 0.330 e. The van der Waals surface area contributed by atoms with Crippen LogP contribution in [0.15, 0.2) is 60.7 Å². The van der Waals surface area contributed by atoms with Crippen molar-refractivity contribution in [3.63, 3.8) is 0 Å². The predicted molar refractivity (Wildman–Crippen MR) is 111 cm³/mol. The van der Waals surface area contributed by atoms with Gasteiger partial charge in [0.2, 0.25) is 0 Å². The third-order valence-electron chi connectivity index (χ3n) is 4.42. The van der Waals surface area contributed by atoms with Crippen LogP contribution in [0, 0.1) is 0 Å². The molecule has 28 heavy (non-hydrogen) atoms. The van der Waals surface area contributed by atoms with E-state index in [2.05, 4.69) is 0 Å². The van der Waals surface area contributed by atoms with Crippen molar-refractivity contribution in [3.05, 3.63) is 77.4 Å². The fourth-order valence-electron chi connectivity index (χ4n) is 2.81. The van der Waals surface area contributed by atoms with Gasteiger partial charge < -0.3 is 9.84 Å². The van der Waals surface area contributed by atoms with Crippen molar-refractivity contribution >= 4 is 17.8 Å². The molecule has 1 N–H and O–H groups in total. The summed E-state index contributed by atoms with van der Waals surface area (Å²) in [6.45, 7) is 0.684. The van der Waals surface area contributed by atoms with Crippen LogP contribution in [0.4, 0.5) is 0 Å². The van der Waals surface area contributed by atoms with E-state index in [0.29, 0.717) is 17.7 Å². The number of aliphatic hydroxyl groups is 1. The van der Waals surface area contributed by atoms with Crippen molar-refractivity contribution in [2.75, 3.05) is 13.2 Å². The lowest BCUT2D eigenvalue weighted by atomic mass is 10.0. The molecule has 4 heteroatoms. The lowest BCUT2D eigenvalue weighted by Gasteiger charge is -2.03. The molecule has 0 aromatic heterocycles. The first kappa shape index (κ1) is 21.6. The molecular formula is C24H28O4. The number of hydrogen-bond donors (Lipinski definition) is 1. The molecule has 2 rings (SSSR count). The number of hydrogen-bond acceptors (Lipinski definition) is 4. The molecule has 148 valence electrons. The van der Waals surface area contributed by atoms with E-state index in [1.54, 1.807) is 30.3 Å². The lowest BCUT2D eigenvalue weighted by Crippen LogP contribution is -2.02. The van der Waals surface area contributed by atoms with Gasteiger partial charge in [-0.3, -0.25) is 4.79 Å². The van der Waals surface area contributed by atoms with E-state index in [1.807, 2.05) is 30.3 Å². The van der Waals surface area contributed by atoms with Crippen LogP contribution in [0.2, 0.25) is 0 Å². The fraction of sp³-hybridized carbons (Fsp3) is 0.333. The molecule has 0 aliphatic carbocycles. The molecule has 0 saturated carbocycles. The zero-order valence-electron chi connectivity index (χ0n) is 16.2. The Kier molecular flexibility index (Phi) is 9.73. The average Bonchev–Trinajstić information content (AvgIpc) is 2.74. The highest BCUT2D eigenvalue weighted by Crippen LogP contribution is 2.12. The van der Waals surface area contributed by atoms with Gasteiger partial charge in [-0.25, -0.2) is 4.79 Å². The van der Waals surface area contributed by atoms with E-state index in [-0.39, 0.29) is 18.4 Å². The third kappa shape index (κ3) is 7.89. The monoisotopic (exact) mass is 380 g/mol. The summed E-state index contributed by atoms with van der Waals surface area (Å²) in [6, 6.07) is 16.3. The van der Waals surface area contributed by atoms with Gasteiger partial charge in [-0.1, -0.05) is 80.3 Å². The standard InChI is InChI=1S/C24H28O4/c25-18-8-3-1-2-4-9-19-28-23(26)17-14-20-12-15-22(16-13-20)24(27)21-10-6-5-7-11-21/h5-7,10-17,25H,1-4,8-9,18-19H2/b17-14+. The molecule has 0 unspecified atom stereocenters. The highest BCUT2D eigenvalue weighted by Gasteiger charge is 2.07. The van der Waals surface area contributed by atoms with Crippen molar-refractivity contribution < 1.29 is 19.4 Å². The van der Waals surface area contributed by atoms with Crippen LogP contribution in [0.5, 0.6) is 0 Å². The smallest absolute Gasteiger partial charge is 0.330 e. The normalized spacial score (nSPS) is 10.9. The number of ketones is 1. The van der Waals surface area contributed by atoms with Crippen molar-refractivity contribution in [2.24, 2.45) is 0 Å². The van der Waals surface area contributed by atoms with Crippen LogP contribution >= 0.6 is 0 Å². The van der Waals surface area contributed by atoms with Gasteiger partial charge in [-0.15, -0.1) is 0 Å². The fourth-order valence-corrected chi connectivity index (χ4v) is 2.81. The summed E-state index contributed by atoms with van der Waals surface area (Å²) >= 11 is 0. The van der Waals surface area contributed by atoms with Crippen molar-refractivity contribution in [2.45, 2.75) is 38.5 Å². The molecule has 0 heterocycles. The Balaban J connectivity index is 1.70. The minimum absolute atomic E-state index is 0.0214. The Labute approximate surface area is 166 Å². The number of esters is 1. The highest BCUT2D eigenvalue weighted by atomic mass is 16.5. The van der Waals surface area contributed by atoms with Gasteiger partial charge in [0.25, 0.3) is 0 Å². The average molecular weight is 380 g/mol. The largest absolute Gasteiger partial charge is 0.463 e. The molecule has 0 atom stereocenters. The molecule has 0 radical (unpaired) electrons. The summed E-state index contributed by atoms with van der Waals surface area (Å²) in [7, 11) is 0. The van der Waals surface area contributed by atoms with Crippen LogP contribution < -0.4 is 0 Å². The number of rotatable bonds is 12. The molecule has 2 aromatic rings. The highest BCUT2D eigenvalue weighted by molar-refractivity contribution is 6.09. The van der Waals surface area contributed by atoms with E-state index in [4.69, 9.17) is 9.84 Å². The maximum absolute atomic E-state index is 12.4. The molecule has 0 bridgehead atoms. The zero-order chi connectivity index (χ0) is 20.0. The predicted octanol–water partition coefficient (Wildman–Crippen LogP) is 4.81. The summed E-state index contributed by atoms with van der Waals surface area (Å²) in [5.41, 5.74) is 2.11. The first-order chi connectivity index (χ1) is 13.7. The van der Waals surface area contributed by atoms with E-state index in [1.165, 1.54) is 6.08 Å². The Morgan fingerprint density at radius 1 is 0.786 bits per heavy atom. The van der Waals surface area contributed by atoms with E-state index in [0.717, 1.165) is 44.1 Å². The van der Waals surface area contributed by atoms with Crippen LogP contribution in [0.3, 0.4) is 0 Å². The molecule has 4 nitrogen and oxygen atoms in total. The van der Waals surface area contributed by atoms with Crippen LogP contribution in [0.25, 0.3) is 6.08 Å². The summed E-state index contributed by atoms with van der Waals surface area (Å²) in [4.78, 5) is 24.1. The number of carbonyl (C=O) groups excluding carboxylic acids is 2. The van der Waals surface area contributed by atoms with E-state index < -0.39 is 0 Å².